The van der Waals surface area contributed by atoms with Crippen molar-refractivity contribution in [3.05, 3.63) is 11.8 Å². The minimum Gasteiger partial charge on any atom is -0.375 e. The van der Waals surface area contributed by atoms with Gasteiger partial charge in [0.2, 0.25) is 0 Å². The van der Waals surface area contributed by atoms with Gasteiger partial charge in [0.25, 0.3) is 0 Å². The van der Waals surface area contributed by atoms with E-state index in [9.17, 15) is 0 Å². The van der Waals surface area contributed by atoms with Crippen LogP contribution in [0.3, 0.4) is 0 Å². The highest BCUT2D eigenvalue weighted by Gasteiger charge is 2.24. The molecule has 22 heavy (non-hydrogen) atoms. The maximum absolute atomic E-state index is 5.71. The van der Waals surface area contributed by atoms with E-state index < -0.39 is 0 Å². The standard InChI is InChI=1S/C20H42N2/c1-7-10-11-13-19(14-12-16-21)22(9-3)17-15-18(4)20(5,6)8-2/h14,18H,7-13,15-17,21H2,1-6H3/b19-14+. The average molecular weight is 311 g/mol. The Hall–Kier alpha value is -0.500. The van der Waals surface area contributed by atoms with Crippen molar-refractivity contribution >= 4 is 0 Å². The molecule has 0 saturated heterocycles. The van der Waals surface area contributed by atoms with Gasteiger partial charge in [-0.2, -0.15) is 0 Å². The molecule has 1 unspecified atom stereocenters. The SMILES string of the molecule is CCCCC/C(=C\CCN)N(CC)CCC(C)C(C)(C)CC. The zero-order chi connectivity index (χ0) is 17.0. The summed E-state index contributed by atoms with van der Waals surface area (Å²) in [6.45, 7) is 17.1. The van der Waals surface area contributed by atoms with Crippen LogP contribution in [0.2, 0.25) is 0 Å². The van der Waals surface area contributed by atoms with Crippen LogP contribution in [0.4, 0.5) is 0 Å². The lowest BCUT2D eigenvalue weighted by atomic mass is 9.76. The van der Waals surface area contributed by atoms with Gasteiger partial charge in [-0.3, -0.25) is 0 Å². The van der Waals surface area contributed by atoms with Gasteiger partial charge in [0.15, 0.2) is 0 Å². The quantitative estimate of drug-likeness (QED) is 0.450. The second kappa shape index (κ2) is 12.0. The number of unbranched alkanes of at least 4 members (excludes halogenated alkanes) is 2. The molecule has 0 aliphatic rings. The van der Waals surface area contributed by atoms with Crippen molar-refractivity contribution in [1.29, 1.82) is 0 Å². The number of rotatable bonds is 13. The minimum absolute atomic E-state index is 0.447. The van der Waals surface area contributed by atoms with E-state index in [-0.39, 0.29) is 0 Å². The van der Waals surface area contributed by atoms with Crippen LogP contribution in [0.5, 0.6) is 0 Å². The molecule has 2 heteroatoms. The molecule has 132 valence electrons. The summed E-state index contributed by atoms with van der Waals surface area (Å²) in [6, 6.07) is 0. The van der Waals surface area contributed by atoms with Crippen molar-refractivity contribution < 1.29 is 0 Å². The topological polar surface area (TPSA) is 29.3 Å². The van der Waals surface area contributed by atoms with E-state index >= 15 is 0 Å². The van der Waals surface area contributed by atoms with Crippen molar-refractivity contribution in [1.82, 2.24) is 4.90 Å². The summed E-state index contributed by atoms with van der Waals surface area (Å²) in [5.74, 6) is 0.762. The Labute approximate surface area is 140 Å². The molecule has 0 fully saturated rings. The lowest BCUT2D eigenvalue weighted by Gasteiger charge is -2.34. The predicted molar refractivity (Wildman–Crippen MR) is 101 cm³/mol. The average Bonchev–Trinajstić information content (AvgIpc) is 2.51. The molecule has 0 amide bonds. The summed E-state index contributed by atoms with van der Waals surface area (Å²) in [7, 11) is 0. The molecule has 0 aromatic heterocycles. The lowest BCUT2D eigenvalue weighted by molar-refractivity contribution is 0.187. The van der Waals surface area contributed by atoms with Crippen LogP contribution in [0, 0.1) is 11.3 Å². The van der Waals surface area contributed by atoms with Crippen LogP contribution in [0.1, 0.15) is 86.5 Å². The highest BCUT2D eigenvalue weighted by Crippen LogP contribution is 2.32. The number of nitrogens with two attached hydrogens (primary N) is 1. The van der Waals surface area contributed by atoms with Gasteiger partial charge in [0, 0.05) is 18.8 Å². The normalized spacial score (nSPS) is 14.2. The first kappa shape index (κ1) is 21.5. The third kappa shape index (κ3) is 8.22. The van der Waals surface area contributed by atoms with Gasteiger partial charge in [-0.05, 0) is 50.5 Å². The van der Waals surface area contributed by atoms with E-state index in [4.69, 9.17) is 5.73 Å². The molecule has 0 bridgehead atoms. The van der Waals surface area contributed by atoms with Gasteiger partial charge < -0.3 is 10.6 Å². The zero-order valence-electron chi connectivity index (χ0n) is 16.3. The van der Waals surface area contributed by atoms with Crippen molar-refractivity contribution in [3.8, 4) is 0 Å². The van der Waals surface area contributed by atoms with E-state index in [0.29, 0.717) is 5.41 Å². The molecular weight excluding hydrogens is 268 g/mol. The Kier molecular flexibility index (Phi) is 11.7. The predicted octanol–water partition coefficient (Wildman–Crippen LogP) is 5.58. The molecule has 0 aliphatic heterocycles. The zero-order valence-corrected chi connectivity index (χ0v) is 16.3. The highest BCUT2D eigenvalue weighted by atomic mass is 15.1. The number of hydrogen-bond acceptors (Lipinski definition) is 2. The Morgan fingerprint density at radius 2 is 1.86 bits per heavy atom. The van der Waals surface area contributed by atoms with Crippen LogP contribution < -0.4 is 5.73 Å². The smallest absolute Gasteiger partial charge is 0.0177 e. The third-order valence-electron chi connectivity index (χ3n) is 5.45. The van der Waals surface area contributed by atoms with E-state index in [1.807, 2.05) is 0 Å². The molecule has 0 saturated carbocycles. The molecule has 2 nitrogen and oxygen atoms in total. The molecule has 0 aliphatic carbocycles. The Morgan fingerprint density at radius 1 is 1.18 bits per heavy atom. The van der Waals surface area contributed by atoms with Gasteiger partial charge in [0.1, 0.15) is 0 Å². The Balaban J connectivity index is 4.64. The van der Waals surface area contributed by atoms with Gasteiger partial charge in [0.05, 0.1) is 0 Å². The summed E-state index contributed by atoms with van der Waals surface area (Å²) < 4.78 is 0. The molecule has 1 atom stereocenters. The van der Waals surface area contributed by atoms with Crippen LogP contribution in [0.25, 0.3) is 0 Å². The maximum Gasteiger partial charge on any atom is 0.0177 e. The summed E-state index contributed by atoms with van der Waals surface area (Å²) in [4.78, 5) is 2.59. The fourth-order valence-electron chi connectivity index (χ4n) is 2.79. The minimum atomic E-state index is 0.447. The lowest BCUT2D eigenvalue weighted by Crippen LogP contribution is -2.29. The van der Waals surface area contributed by atoms with E-state index in [1.165, 1.54) is 50.8 Å². The molecular formula is C20H42N2. The van der Waals surface area contributed by atoms with Crippen LogP contribution >= 0.6 is 0 Å². The molecule has 0 heterocycles. The summed E-state index contributed by atoms with van der Waals surface area (Å²) >= 11 is 0. The van der Waals surface area contributed by atoms with Gasteiger partial charge in [-0.25, -0.2) is 0 Å². The van der Waals surface area contributed by atoms with Crippen molar-refractivity contribution in [2.75, 3.05) is 19.6 Å². The second-order valence-corrected chi connectivity index (χ2v) is 7.34. The monoisotopic (exact) mass is 310 g/mol. The summed E-state index contributed by atoms with van der Waals surface area (Å²) in [6.07, 6.45) is 11.1. The fraction of sp³-hybridized carbons (Fsp3) is 0.900. The summed E-state index contributed by atoms with van der Waals surface area (Å²) in [5, 5.41) is 0. The molecule has 2 N–H and O–H groups in total. The van der Waals surface area contributed by atoms with Crippen LogP contribution in [-0.2, 0) is 0 Å². The van der Waals surface area contributed by atoms with Crippen LogP contribution in [0.15, 0.2) is 11.8 Å². The van der Waals surface area contributed by atoms with Crippen molar-refractivity contribution in [2.45, 2.75) is 86.5 Å². The number of allylic oxidation sites excluding steroid dienone is 1. The second-order valence-electron chi connectivity index (χ2n) is 7.34. The van der Waals surface area contributed by atoms with Gasteiger partial charge >= 0.3 is 0 Å². The van der Waals surface area contributed by atoms with E-state index in [2.05, 4.69) is 52.5 Å². The Bertz CT molecular complexity index is 294. The summed E-state index contributed by atoms with van der Waals surface area (Å²) in [5.41, 5.74) is 7.69. The van der Waals surface area contributed by atoms with E-state index in [1.54, 1.807) is 0 Å². The number of nitrogens with zero attached hydrogens (tertiary/aromatic N) is 1. The first-order valence-corrected chi connectivity index (χ1v) is 9.56. The molecule has 0 spiro atoms. The van der Waals surface area contributed by atoms with Crippen LogP contribution in [-0.4, -0.2) is 24.5 Å². The van der Waals surface area contributed by atoms with Gasteiger partial charge in [-0.15, -0.1) is 0 Å². The van der Waals surface area contributed by atoms with E-state index in [0.717, 1.165) is 25.4 Å². The largest absolute Gasteiger partial charge is 0.375 e. The Morgan fingerprint density at radius 3 is 2.36 bits per heavy atom. The first-order chi connectivity index (χ1) is 10.4. The third-order valence-corrected chi connectivity index (χ3v) is 5.45. The molecule has 0 radical (unpaired) electrons. The first-order valence-electron chi connectivity index (χ1n) is 9.56. The van der Waals surface area contributed by atoms with Crippen molar-refractivity contribution in [2.24, 2.45) is 17.1 Å². The molecule has 0 rings (SSSR count). The molecule has 0 aromatic rings. The maximum atomic E-state index is 5.71. The molecule has 0 aromatic carbocycles. The van der Waals surface area contributed by atoms with Gasteiger partial charge in [-0.1, -0.05) is 60.0 Å². The fourth-order valence-corrected chi connectivity index (χ4v) is 2.79. The number of hydrogen-bond donors (Lipinski definition) is 1. The highest BCUT2D eigenvalue weighted by molar-refractivity contribution is 5.01. The van der Waals surface area contributed by atoms with Crippen molar-refractivity contribution in [3.63, 3.8) is 0 Å².